The highest BCUT2D eigenvalue weighted by molar-refractivity contribution is 7.80. The Morgan fingerprint density at radius 1 is 1.14 bits per heavy atom. The van der Waals surface area contributed by atoms with E-state index in [1.54, 1.807) is 17.4 Å². The third-order valence-electron chi connectivity index (χ3n) is 6.04. The Morgan fingerprint density at radius 2 is 1.92 bits per heavy atom. The number of thiocarbonyl (C=S) groups is 1. The molecule has 1 aliphatic heterocycles. The normalized spacial score (nSPS) is 13.4. The van der Waals surface area contributed by atoms with E-state index in [1.165, 1.54) is 12.1 Å². The summed E-state index contributed by atoms with van der Waals surface area (Å²) < 4.78 is 6.50. The van der Waals surface area contributed by atoms with Crippen molar-refractivity contribution >= 4 is 61.9 Å². The van der Waals surface area contributed by atoms with Gasteiger partial charge in [-0.15, -0.1) is 11.3 Å². The molecule has 4 aromatic rings. The number of benzene rings is 3. The van der Waals surface area contributed by atoms with Crippen molar-refractivity contribution in [3.8, 4) is 10.6 Å². The maximum atomic E-state index is 13.2. The summed E-state index contributed by atoms with van der Waals surface area (Å²) in [6.07, 6.45) is 0. The van der Waals surface area contributed by atoms with Gasteiger partial charge in [0.2, 0.25) is 0 Å². The number of ether oxygens (including phenoxy) is 1. The second-order valence-electron chi connectivity index (χ2n) is 8.48. The number of carbonyl (C=O) groups is 1. The summed E-state index contributed by atoms with van der Waals surface area (Å²) in [6, 6.07) is 18.1. The van der Waals surface area contributed by atoms with Crippen LogP contribution in [0.25, 0.3) is 20.8 Å². The minimum Gasteiger partial charge on any atom is -0.378 e. The SMILES string of the molecule is Cc1ccc(-c2nc3ccccc3s2)cc1NC(=S)NC(=O)c1cc([N+](=O)[O-])ccc1N1CCOCC1. The second-order valence-corrected chi connectivity index (χ2v) is 9.92. The zero-order valence-electron chi connectivity index (χ0n) is 19.9. The van der Waals surface area contributed by atoms with Crippen LogP contribution in [-0.4, -0.2) is 47.2 Å². The van der Waals surface area contributed by atoms with Crippen LogP contribution in [-0.2, 0) is 4.74 Å². The molecule has 2 N–H and O–H groups in total. The highest BCUT2D eigenvalue weighted by Crippen LogP contribution is 2.32. The number of morpholine rings is 1. The van der Waals surface area contributed by atoms with E-state index < -0.39 is 10.8 Å². The van der Waals surface area contributed by atoms with Crippen LogP contribution in [0.1, 0.15) is 15.9 Å². The fourth-order valence-electron chi connectivity index (χ4n) is 4.11. The number of aromatic nitrogens is 1. The van der Waals surface area contributed by atoms with Crippen LogP contribution in [0.4, 0.5) is 17.1 Å². The monoisotopic (exact) mass is 533 g/mol. The first-order chi connectivity index (χ1) is 17.9. The maximum absolute atomic E-state index is 13.2. The minimum absolute atomic E-state index is 0.0917. The number of nitro benzene ring substituents is 1. The van der Waals surface area contributed by atoms with Gasteiger partial charge in [-0.05, 0) is 49.0 Å². The van der Waals surface area contributed by atoms with Crippen molar-refractivity contribution in [2.24, 2.45) is 0 Å². The highest BCUT2D eigenvalue weighted by atomic mass is 32.1. The van der Waals surface area contributed by atoms with E-state index >= 15 is 0 Å². The van der Waals surface area contributed by atoms with Crippen molar-refractivity contribution in [3.05, 3.63) is 81.9 Å². The Labute approximate surface area is 222 Å². The van der Waals surface area contributed by atoms with Crippen LogP contribution in [0.5, 0.6) is 0 Å². The summed E-state index contributed by atoms with van der Waals surface area (Å²) >= 11 is 7.05. The van der Waals surface area contributed by atoms with E-state index in [9.17, 15) is 14.9 Å². The summed E-state index contributed by atoms with van der Waals surface area (Å²) in [5.74, 6) is -0.525. The van der Waals surface area contributed by atoms with Crippen LogP contribution in [0.3, 0.4) is 0 Å². The van der Waals surface area contributed by atoms with Gasteiger partial charge < -0.3 is 15.0 Å². The Hall–Kier alpha value is -3.93. The van der Waals surface area contributed by atoms with Gasteiger partial charge in [0.1, 0.15) is 5.01 Å². The maximum Gasteiger partial charge on any atom is 0.270 e. The zero-order chi connectivity index (χ0) is 25.9. The number of para-hydroxylation sites is 1. The predicted molar refractivity (Wildman–Crippen MR) is 150 cm³/mol. The Bertz CT molecular complexity index is 1480. The Kier molecular flexibility index (Phi) is 7.08. The summed E-state index contributed by atoms with van der Waals surface area (Å²) in [7, 11) is 0. The lowest BCUT2D eigenvalue weighted by molar-refractivity contribution is -0.384. The lowest BCUT2D eigenvalue weighted by Crippen LogP contribution is -2.39. The fraction of sp³-hybridized carbons (Fsp3) is 0.192. The van der Waals surface area contributed by atoms with Gasteiger partial charge in [-0.2, -0.15) is 0 Å². The van der Waals surface area contributed by atoms with Gasteiger partial charge in [-0.25, -0.2) is 4.98 Å². The van der Waals surface area contributed by atoms with Gasteiger partial charge in [0, 0.05) is 36.5 Å². The van der Waals surface area contributed by atoms with Crippen molar-refractivity contribution in [3.63, 3.8) is 0 Å². The molecule has 1 fully saturated rings. The van der Waals surface area contributed by atoms with Gasteiger partial charge in [-0.1, -0.05) is 24.3 Å². The van der Waals surface area contributed by atoms with Gasteiger partial charge in [0.25, 0.3) is 11.6 Å². The molecule has 0 radical (unpaired) electrons. The number of thiazole rings is 1. The summed E-state index contributed by atoms with van der Waals surface area (Å²) in [5.41, 5.74) is 4.15. The first-order valence-corrected chi connectivity index (χ1v) is 12.8. The third kappa shape index (κ3) is 5.43. The largest absolute Gasteiger partial charge is 0.378 e. The molecular formula is C26H23N5O4S2. The van der Waals surface area contributed by atoms with E-state index in [1.807, 2.05) is 54.3 Å². The van der Waals surface area contributed by atoms with Crippen molar-refractivity contribution in [1.82, 2.24) is 10.3 Å². The van der Waals surface area contributed by atoms with Crippen LogP contribution >= 0.6 is 23.6 Å². The number of nitrogens with one attached hydrogen (secondary N) is 2. The molecular weight excluding hydrogens is 510 g/mol. The number of hydrogen-bond donors (Lipinski definition) is 2. The molecule has 0 saturated carbocycles. The molecule has 188 valence electrons. The number of rotatable bonds is 5. The number of amides is 1. The quantitative estimate of drug-likeness (QED) is 0.206. The highest BCUT2D eigenvalue weighted by Gasteiger charge is 2.23. The molecule has 0 aliphatic carbocycles. The molecule has 1 amide bonds. The first kappa shape index (κ1) is 24.8. The second kappa shape index (κ2) is 10.6. The smallest absolute Gasteiger partial charge is 0.270 e. The van der Waals surface area contributed by atoms with Crippen LogP contribution < -0.4 is 15.5 Å². The average molecular weight is 534 g/mol. The number of nitrogens with zero attached hydrogens (tertiary/aromatic N) is 3. The van der Waals surface area contributed by atoms with Gasteiger partial charge in [0.15, 0.2) is 5.11 Å². The molecule has 11 heteroatoms. The van der Waals surface area contributed by atoms with E-state index in [0.717, 1.165) is 32.0 Å². The standard InChI is InChI=1S/C26H23N5O4S2/c1-16-6-7-17(25-27-20-4-2-3-5-23(20)37-25)14-21(16)28-26(36)29-24(32)19-15-18(31(33)34)8-9-22(19)30-10-12-35-13-11-30/h2-9,14-15H,10-13H2,1H3,(H2,28,29,32,36). The number of anilines is 2. The third-order valence-corrected chi connectivity index (χ3v) is 7.33. The first-order valence-electron chi connectivity index (χ1n) is 11.6. The molecule has 0 atom stereocenters. The summed E-state index contributed by atoms with van der Waals surface area (Å²) in [5, 5.41) is 18.1. The molecule has 1 aliphatic rings. The minimum atomic E-state index is -0.525. The molecule has 0 unspecified atom stereocenters. The summed E-state index contributed by atoms with van der Waals surface area (Å²) in [6.45, 7) is 4.13. The van der Waals surface area contributed by atoms with Gasteiger partial charge in [0.05, 0.1) is 39.6 Å². The van der Waals surface area contributed by atoms with Gasteiger partial charge >= 0.3 is 0 Å². The molecule has 0 spiro atoms. The molecule has 9 nitrogen and oxygen atoms in total. The summed E-state index contributed by atoms with van der Waals surface area (Å²) in [4.78, 5) is 30.8. The lowest BCUT2D eigenvalue weighted by Gasteiger charge is -2.30. The lowest BCUT2D eigenvalue weighted by atomic mass is 10.1. The van der Waals surface area contributed by atoms with Crippen LogP contribution in [0, 0.1) is 17.0 Å². The zero-order valence-corrected chi connectivity index (χ0v) is 21.5. The number of hydrogen-bond acceptors (Lipinski definition) is 8. The molecule has 1 aromatic heterocycles. The Balaban J connectivity index is 1.36. The van der Waals surface area contributed by atoms with Crippen molar-refractivity contribution in [1.29, 1.82) is 0 Å². The van der Waals surface area contributed by atoms with Crippen LogP contribution in [0.2, 0.25) is 0 Å². The van der Waals surface area contributed by atoms with Crippen molar-refractivity contribution < 1.29 is 14.5 Å². The molecule has 1 saturated heterocycles. The van der Waals surface area contributed by atoms with Gasteiger partial charge in [-0.3, -0.25) is 20.2 Å². The van der Waals surface area contributed by atoms with E-state index in [4.69, 9.17) is 21.9 Å². The van der Waals surface area contributed by atoms with Crippen LogP contribution in [0.15, 0.2) is 60.7 Å². The molecule has 37 heavy (non-hydrogen) atoms. The number of non-ortho nitro benzene ring substituents is 1. The number of carbonyl (C=O) groups excluding carboxylic acids is 1. The topological polar surface area (TPSA) is 110 Å². The average Bonchev–Trinajstić information content (AvgIpc) is 3.34. The van der Waals surface area contributed by atoms with Crippen molar-refractivity contribution in [2.45, 2.75) is 6.92 Å². The Morgan fingerprint density at radius 3 is 2.68 bits per heavy atom. The molecule has 0 bridgehead atoms. The number of aryl methyl sites for hydroxylation is 1. The van der Waals surface area contributed by atoms with Crippen molar-refractivity contribution in [2.75, 3.05) is 36.5 Å². The van der Waals surface area contributed by atoms with E-state index in [-0.39, 0.29) is 16.4 Å². The molecule has 3 aromatic carbocycles. The number of nitro groups is 1. The fourth-order valence-corrected chi connectivity index (χ4v) is 5.27. The molecule has 2 heterocycles. The van der Waals surface area contributed by atoms with E-state index in [0.29, 0.717) is 32.0 Å². The van der Waals surface area contributed by atoms with E-state index in [2.05, 4.69) is 10.6 Å². The predicted octanol–water partition coefficient (Wildman–Crippen LogP) is 5.14. The number of fused-ring (bicyclic) bond motifs is 1. The molecule has 5 rings (SSSR count).